The number of nitrogens with zero attached hydrogens (tertiary/aromatic N) is 4. The van der Waals surface area contributed by atoms with Crippen LogP contribution in [0.15, 0.2) is 77.0 Å². The van der Waals surface area contributed by atoms with E-state index < -0.39 is 0 Å². The van der Waals surface area contributed by atoms with Crippen LogP contribution in [-0.2, 0) is 10.2 Å². The van der Waals surface area contributed by atoms with Crippen LogP contribution in [0.2, 0.25) is 0 Å². The van der Waals surface area contributed by atoms with Gasteiger partial charge >= 0.3 is 0 Å². The van der Waals surface area contributed by atoms with E-state index in [-0.39, 0.29) is 17.1 Å². The second-order valence-electron chi connectivity index (χ2n) is 9.83. The zero-order valence-corrected chi connectivity index (χ0v) is 24.3. The smallest absolute Gasteiger partial charge is 0.250 e. The maximum absolute atomic E-state index is 12.7. The van der Waals surface area contributed by atoms with Crippen molar-refractivity contribution >= 4 is 23.9 Å². The van der Waals surface area contributed by atoms with E-state index in [9.17, 15) is 4.79 Å². The summed E-state index contributed by atoms with van der Waals surface area (Å²) in [4.78, 5) is 12.7. The molecule has 3 aromatic carbocycles. The predicted octanol–water partition coefficient (Wildman–Crippen LogP) is 5.50. The molecule has 0 unspecified atom stereocenters. The molecule has 0 aliphatic heterocycles. The normalized spacial score (nSPS) is 11.4. The highest BCUT2D eigenvalue weighted by Gasteiger charge is 2.19. The summed E-state index contributed by atoms with van der Waals surface area (Å²) in [6.07, 6.45) is 1.48. The largest absolute Gasteiger partial charge is 0.496 e. The lowest BCUT2D eigenvalue weighted by atomic mass is 9.87. The van der Waals surface area contributed by atoms with Crippen molar-refractivity contribution in [2.45, 2.75) is 31.3 Å². The topological polar surface area (TPSA) is 99.9 Å². The zero-order chi connectivity index (χ0) is 28.7. The number of amides is 1. The molecule has 0 saturated heterocycles. The van der Waals surface area contributed by atoms with Crippen LogP contribution < -0.4 is 19.6 Å². The van der Waals surface area contributed by atoms with Crippen molar-refractivity contribution in [1.29, 1.82) is 0 Å². The van der Waals surface area contributed by atoms with E-state index in [0.717, 1.165) is 11.3 Å². The van der Waals surface area contributed by atoms with Gasteiger partial charge < -0.3 is 14.2 Å². The molecule has 0 fully saturated rings. The van der Waals surface area contributed by atoms with Gasteiger partial charge in [-0.1, -0.05) is 75.0 Å². The first-order valence-electron chi connectivity index (χ1n) is 12.6. The molecule has 1 N–H and O–H groups in total. The number of para-hydroxylation sites is 1. The molecule has 0 atom stereocenters. The van der Waals surface area contributed by atoms with Crippen molar-refractivity contribution in [3.63, 3.8) is 0 Å². The second-order valence-corrected chi connectivity index (χ2v) is 10.8. The molecule has 4 aromatic rings. The summed E-state index contributed by atoms with van der Waals surface area (Å²) in [6, 6.07) is 21.6. The summed E-state index contributed by atoms with van der Waals surface area (Å²) in [7, 11) is 4.64. The lowest BCUT2D eigenvalue weighted by Crippen LogP contribution is -2.20. The minimum atomic E-state index is -0.300. The van der Waals surface area contributed by atoms with Crippen molar-refractivity contribution in [2.24, 2.45) is 5.10 Å². The number of methoxy groups -OCH3 is 3. The van der Waals surface area contributed by atoms with Gasteiger partial charge in [-0.25, -0.2) is 5.43 Å². The molecule has 208 valence electrons. The number of hydrazone groups is 1. The number of hydrogen-bond acceptors (Lipinski definition) is 8. The molecule has 0 radical (unpaired) electrons. The third-order valence-electron chi connectivity index (χ3n) is 6.13. The van der Waals surface area contributed by atoms with Gasteiger partial charge in [0.2, 0.25) is 0 Å². The van der Waals surface area contributed by atoms with Gasteiger partial charge in [0.1, 0.15) is 17.2 Å². The van der Waals surface area contributed by atoms with Gasteiger partial charge in [0.25, 0.3) is 5.91 Å². The second kappa shape index (κ2) is 12.7. The maximum atomic E-state index is 12.7. The quantitative estimate of drug-likeness (QED) is 0.156. The van der Waals surface area contributed by atoms with Gasteiger partial charge in [0.05, 0.1) is 38.9 Å². The first-order valence-corrected chi connectivity index (χ1v) is 13.6. The highest BCUT2D eigenvalue weighted by Crippen LogP contribution is 2.33. The van der Waals surface area contributed by atoms with E-state index in [4.69, 9.17) is 14.2 Å². The molecule has 9 nitrogen and oxygen atoms in total. The fraction of sp³-hybridized carbons (Fsp3) is 0.267. The first kappa shape index (κ1) is 28.7. The van der Waals surface area contributed by atoms with Gasteiger partial charge in [-0.3, -0.25) is 9.36 Å². The lowest BCUT2D eigenvalue weighted by molar-refractivity contribution is -0.118. The van der Waals surface area contributed by atoms with E-state index in [1.807, 2.05) is 34.9 Å². The molecule has 1 heterocycles. The molecule has 0 aliphatic carbocycles. The van der Waals surface area contributed by atoms with Crippen molar-refractivity contribution in [1.82, 2.24) is 20.2 Å². The summed E-state index contributed by atoms with van der Waals surface area (Å²) in [6.45, 7) is 6.55. The van der Waals surface area contributed by atoms with Crippen LogP contribution in [0, 0.1) is 0 Å². The molecule has 0 saturated carbocycles. The molecular weight excluding hydrogens is 526 g/mol. The van der Waals surface area contributed by atoms with Crippen molar-refractivity contribution in [3.8, 4) is 34.3 Å². The number of benzene rings is 3. The van der Waals surface area contributed by atoms with Crippen LogP contribution in [0.1, 0.15) is 31.9 Å². The minimum Gasteiger partial charge on any atom is -0.496 e. The number of nitrogens with one attached hydrogen (secondary N) is 1. The Balaban J connectivity index is 1.52. The lowest BCUT2D eigenvalue weighted by Gasteiger charge is -2.19. The van der Waals surface area contributed by atoms with Crippen LogP contribution >= 0.6 is 11.8 Å². The summed E-state index contributed by atoms with van der Waals surface area (Å²) >= 11 is 1.28. The number of carbonyl (C=O) groups is 1. The Morgan fingerprint density at radius 2 is 1.60 bits per heavy atom. The Morgan fingerprint density at radius 3 is 2.17 bits per heavy atom. The van der Waals surface area contributed by atoms with E-state index in [1.165, 1.54) is 37.8 Å². The molecule has 40 heavy (non-hydrogen) atoms. The number of hydrogen-bond donors (Lipinski definition) is 1. The molecule has 0 spiro atoms. The Kier molecular flexibility index (Phi) is 9.11. The van der Waals surface area contributed by atoms with E-state index in [1.54, 1.807) is 19.2 Å². The third-order valence-corrected chi connectivity index (χ3v) is 7.05. The minimum absolute atomic E-state index is 0.0477. The number of carbonyl (C=O) groups excluding carboxylic acids is 1. The van der Waals surface area contributed by atoms with E-state index in [2.05, 4.69) is 65.8 Å². The molecule has 0 bridgehead atoms. The average molecular weight is 560 g/mol. The van der Waals surface area contributed by atoms with E-state index >= 15 is 0 Å². The van der Waals surface area contributed by atoms with Crippen LogP contribution in [0.5, 0.6) is 17.2 Å². The zero-order valence-electron chi connectivity index (χ0n) is 23.5. The highest BCUT2D eigenvalue weighted by atomic mass is 32.2. The first-order chi connectivity index (χ1) is 19.2. The van der Waals surface area contributed by atoms with E-state index in [0.29, 0.717) is 33.8 Å². The van der Waals surface area contributed by atoms with Gasteiger partial charge in [-0.15, -0.1) is 10.2 Å². The van der Waals surface area contributed by atoms with Crippen molar-refractivity contribution in [2.75, 3.05) is 27.1 Å². The van der Waals surface area contributed by atoms with Crippen LogP contribution in [0.25, 0.3) is 17.1 Å². The number of aromatic nitrogens is 3. The monoisotopic (exact) mass is 559 g/mol. The van der Waals surface area contributed by atoms with Crippen LogP contribution in [-0.4, -0.2) is 54.0 Å². The number of ether oxygens (including phenoxy) is 3. The number of rotatable bonds is 10. The summed E-state index contributed by atoms with van der Waals surface area (Å²) in [5.74, 6) is 2.07. The van der Waals surface area contributed by atoms with Gasteiger partial charge in [-0.05, 0) is 23.1 Å². The Morgan fingerprint density at radius 1 is 0.950 bits per heavy atom. The van der Waals surface area contributed by atoms with Crippen LogP contribution in [0.4, 0.5) is 0 Å². The van der Waals surface area contributed by atoms with Crippen molar-refractivity contribution < 1.29 is 19.0 Å². The molecule has 1 amide bonds. The Hall–Kier alpha value is -4.31. The summed E-state index contributed by atoms with van der Waals surface area (Å²) in [5, 5.41) is 13.6. The Bertz CT molecular complexity index is 1450. The number of thioether (sulfide) groups is 1. The van der Waals surface area contributed by atoms with Crippen molar-refractivity contribution in [3.05, 3.63) is 77.9 Å². The average Bonchev–Trinajstić information content (AvgIpc) is 3.40. The fourth-order valence-corrected chi connectivity index (χ4v) is 4.71. The summed E-state index contributed by atoms with van der Waals surface area (Å²) < 4.78 is 18.1. The van der Waals surface area contributed by atoms with Crippen LogP contribution in [0.3, 0.4) is 0 Å². The van der Waals surface area contributed by atoms with Gasteiger partial charge in [-0.2, -0.15) is 5.10 Å². The third kappa shape index (κ3) is 6.63. The predicted molar refractivity (Wildman–Crippen MR) is 158 cm³/mol. The standard InChI is InChI=1S/C30H33N5O4S/c1-30(2,3)21-14-12-20(13-15-21)28-33-34-29(35(28)22-10-8-7-9-11-22)40-19-27(36)32-31-18-24-25(38-5)16-23(37-4)17-26(24)39-6/h7-18H,19H2,1-6H3,(H,32,36)/b31-18+. The van der Waals surface area contributed by atoms with Gasteiger partial charge in [0, 0.05) is 23.4 Å². The summed E-state index contributed by atoms with van der Waals surface area (Å²) in [5.41, 5.74) is 6.26. The molecule has 0 aliphatic rings. The Labute approximate surface area is 238 Å². The molecule has 1 aromatic heterocycles. The van der Waals surface area contributed by atoms with Gasteiger partial charge in [0.15, 0.2) is 11.0 Å². The molecule has 10 heteroatoms. The highest BCUT2D eigenvalue weighted by molar-refractivity contribution is 7.99. The molecular formula is C30H33N5O4S. The molecule has 4 rings (SSSR count). The SMILES string of the molecule is COc1cc(OC)c(/C=N/NC(=O)CSc2nnc(-c3ccc(C(C)(C)C)cc3)n2-c2ccccc2)c(OC)c1. The fourth-order valence-electron chi connectivity index (χ4n) is 3.97. The maximum Gasteiger partial charge on any atom is 0.250 e.